The van der Waals surface area contributed by atoms with E-state index in [4.69, 9.17) is 5.84 Å². The van der Waals surface area contributed by atoms with Crippen molar-refractivity contribution in [3.63, 3.8) is 0 Å². The van der Waals surface area contributed by atoms with E-state index in [1.165, 1.54) is 6.33 Å². The monoisotopic (exact) mass is 237 g/mol. The zero-order valence-corrected chi connectivity index (χ0v) is 11.0. The van der Waals surface area contributed by atoms with Crippen LogP contribution in [0.4, 0.5) is 11.6 Å². The largest absolute Gasteiger partial charge is 0.367 e. The summed E-state index contributed by atoms with van der Waals surface area (Å²) in [5.74, 6) is 7.09. The Hall–Kier alpha value is -1.36. The molecule has 0 amide bonds. The lowest BCUT2D eigenvalue weighted by Gasteiger charge is -2.17. The van der Waals surface area contributed by atoms with Crippen molar-refractivity contribution in [3.05, 3.63) is 11.9 Å². The van der Waals surface area contributed by atoms with Crippen molar-refractivity contribution in [3.8, 4) is 0 Å². The molecule has 1 aromatic heterocycles. The standard InChI is InChI=1S/C12H23N5/c1-4-6-9(3)16-11-10(7-5-2)12(17-13)15-8-14-11/h8-9H,4-7,13H2,1-3H3,(H2,14,15,16,17). The van der Waals surface area contributed by atoms with Crippen LogP contribution in [0.1, 0.15) is 45.6 Å². The Bertz CT molecular complexity index is 340. The van der Waals surface area contributed by atoms with Crippen molar-refractivity contribution >= 4 is 11.6 Å². The maximum absolute atomic E-state index is 5.47. The molecule has 1 atom stereocenters. The molecule has 96 valence electrons. The van der Waals surface area contributed by atoms with Crippen LogP contribution < -0.4 is 16.6 Å². The number of nitrogens with zero attached hydrogens (tertiary/aromatic N) is 2. The molecule has 5 heteroatoms. The van der Waals surface area contributed by atoms with Gasteiger partial charge >= 0.3 is 0 Å². The van der Waals surface area contributed by atoms with E-state index in [9.17, 15) is 0 Å². The lowest BCUT2D eigenvalue weighted by atomic mass is 10.1. The summed E-state index contributed by atoms with van der Waals surface area (Å²) in [6.07, 6.45) is 5.78. The Kier molecular flexibility index (Phi) is 5.69. The van der Waals surface area contributed by atoms with Crippen molar-refractivity contribution in [1.29, 1.82) is 0 Å². The smallest absolute Gasteiger partial charge is 0.148 e. The lowest BCUT2D eigenvalue weighted by molar-refractivity contribution is 0.685. The second-order valence-corrected chi connectivity index (χ2v) is 4.28. The summed E-state index contributed by atoms with van der Waals surface area (Å²) in [6.45, 7) is 6.47. The highest BCUT2D eigenvalue weighted by atomic mass is 15.3. The first kappa shape index (κ1) is 13.7. The average Bonchev–Trinajstić information content (AvgIpc) is 2.32. The van der Waals surface area contributed by atoms with Crippen LogP contribution in [-0.2, 0) is 6.42 Å². The molecule has 0 aliphatic carbocycles. The summed E-state index contributed by atoms with van der Waals surface area (Å²) in [4.78, 5) is 8.45. The van der Waals surface area contributed by atoms with Gasteiger partial charge in [0.25, 0.3) is 0 Å². The number of hydrogen-bond acceptors (Lipinski definition) is 5. The van der Waals surface area contributed by atoms with Crippen LogP contribution in [-0.4, -0.2) is 16.0 Å². The number of anilines is 2. The maximum atomic E-state index is 5.47. The Morgan fingerprint density at radius 1 is 1.24 bits per heavy atom. The van der Waals surface area contributed by atoms with Gasteiger partial charge in [0.1, 0.15) is 18.0 Å². The number of hydrazine groups is 1. The normalized spacial score (nSPS) is 12.2. The molecule has 1 heterocycles. The van der Waals surface area contributed by atoms with Crippen molar-refractivity contribution < 1.29 is 0 Å². The lowest BCUT2D eigenvalue weighted by Crippen LogP contribution is -2.19. The molecule has 0 saturated heterocycles. The van der Waals surface area contributed by atoms with Gasteiger partial charge in [0, 0.05) is 11.6 Å². The van der Waals surface area contributed by atoms with Crippen molar-refractivity contribution in [2.24, 2.45) is 5.84 Å². The molecule has 0 spiro atoms. The topological polar surface area (TPSA) is 75.9 Å². The quantitative estimate of drug-likeness (QED) is 0.501. The first-order valence-corrected chi connectivity index (χ1v) is 6.29. The molecule has 0 radical (unpaired) electrons. The van der Waals surface area contributed by atoms with Gasteiger partial charge in [-0.05, 0) is 19.8 Å². The molecular weight excluding hydrogens is 214 g/mol. The molecule has 17 heavy (non-hydrogen) atoms. The van der Waals surface area contributed by atoms with E-state index in [1.807, 2.05) is 0 Å². The second kappa shape index (κ2) is 7.06. The molecule has 5 nitrogen and oxygen atoms in total. The third kappa shape index (κ3) is 3.85. The predicted octanol–water partition coefficient (Wildman–Crippen LogP) is 2.32. The molecule has 0 aromatic carbocycles. The number of hydrogen-bond donors (Lipinski definition) is 3. The van der Waals surface area contributed by atoms with Gasteiger partial charge in [0.15, 0.2) is 0 Å². The molecule has 0 bridgehead atoms. The van der Waals surface area contributed by atoms with Gasteiger partial charge < -0.3 is 10.7 Å². The van der Waals surface area contributed by atoms with E-state index in [-0.39, 0.29) is 0 Å². The number of nitrogens with two attached hydrogens (primary N) is 1. The molecule has 1 aromatic rings. The van der Waals surface area contributed by atoms with Crippen molar-refractivity contribution in [2.45, 2.75) is 52.5 Å². The molecule has 0 aliphatic heterocycles. The minimum atomic E-state index is 0.413. The summed E-state index contributed by atoms with van der Waals surface area (Å²) in [6, 6.07) is 0.413. The fraction of sp³-hybridized carbons (Fsp3) is 0.667. The fourth-order valence-electron chi connectivity index (χ4n) is 1.89. The molecule has 1 unspecified atom stereocenters. The molecule has 0 aliphatic rings. The third-order valence-corrected chi connectivity index (χ3v) is 2.69. The van der Waals surface area contributed by atoms with Crippen LogP contribution >= 0.6 is 0 Å². The number of nitrogens with one attached hydrogen (secondary N) is 2. The fourth-order valence-corrected chi connectivity index (χ4v) is 1.89. The van der Waals surface area contributed by atoms with Crippen LogP contribution in [0.5, 0.6) is 0 Å². The maximum Gasteiger partial charge on any atom is 0.148 e. The highest BCUT2D eigenvalue weighted by Gasteiger charge is 2.11. The van der Waals surface area contributed by atoms with Crippen LogP contribution in [0.3, 0.4) is 0 Å². The minimum Gasteiger partial charge on any atom is -0.367 e. The second-order valence-electron chi connectivity index (χ2n) is 4.28. The van der Waals surface area contributed by atoms with Gasteiger partial charge in [0.05, 0.1) is 0 Å². The zero-order valence-electron chi connectivity index (χ0n) is 11.0. The summed E-state index contributed by atoms with van der Waals surface area (Å²) in [7, 11) is 0. The van der Waals surface area contributed by atoms with E-state index in [1.54, 1.807) is 0 Å². The number of aromatic nitrogens is 2. The average molecular weight is 237 g/mol. The van der Waals surface area contributed by atoms with Crippen molar-refractivity contribution in [1.82, 2.24) is 9.97 Å². The van der Waals surface area contributed by atoms with Gasteiger partial charge in [0.2, 0.25) is 0 Å². The van der Waals surface area contributed by atoms with Crippen LogP contribution in [0.2, 0.25) is 0 Å². The predicted molar refractivity (Wildman–Crippen MR) is 71.8 cm³/mol. The van der Waals surface area contributed by atoms with E-state index in [0.717, 1.165) is 37.1 Å². The van der Waals surface area contributed by atoms with Crippen LogP contribution in [0.25, 0.3) is 0 Å². The summed E-state index contributed by atoms with van der Waals surface area (Å²) >= 11 is 0. The van der Waals surface area contributed by atoms with Crippen LogP contribution in [0, 0.1) is 0 Å². The summed E-state index contributed by atoms with van der Waals surface area (Å²) < 4.78 is 0. The molecule has 1 rings (SSSR count). The van der Waals surface area contributed by atoms with Gasteiger partial charge in [-0.25, -0.2) is 15.8 Å². The first-order chi connectivity index (χ1) is 8.22. The first-order valence-electron chi connectivity index (χ1n) is 6.29. The zero-order chi connectivity index (χ0) is 12.7. The Morgan fingerprint density at radius 3 is 2.53 bits per heavy atom. The van der Waals surface area contributed by atoms with E-state index < -0.39 is 0 Å². The number of nitrogen functional groups attached to an aromatic ring is 1. The summed E-state index contributed by atoms with van der Waals surface area (Å²) in [5, 5.41) is 3.42. The Balaban J connectivity index is 2.89. The highest BCUT2D eigenvalue weighted by Crippen LogP contribution is 2.21. The SMILES string of the molecule is CCCc1c(NN)ncnc1NC(C)CCC. The van der Waals surface area contributed by atoms with Gasteiger partial charge in [-0.15, -0.1) is 0 Å². The summed E-state index contributed by atoms with van der Waals surface area (Å²) in [5.41, 5.74) is 3.70. The molecular formula is C12H23N5. The van der Waals surface area contributed by atoms with Gasteiger partial charge in [-0.2, -0.15) is 0 Å². The third-order valence-electron chi connectivity index (χ3n) is 2.69. The molecule has 4 N–H and O–H groups in total. The van der Waals surface area contributed by atoms with Crippen LogP contribution in [0.15, 0.2) is 6.33 Å². The molecule has 0 fully saturated rings. The van der Waals surface area contributed by atoms with E-state index >= 15 is 0 Å². The molecule has 0 saturated carbocycles. The van der Waals surface area contributed by atoms with Gasteiger partial charge in [-0.1, -0.05) is 26.7 Å². The van der Waals surface area contributed by atoms with E-state index in [0.29, 0.717) is 11.9 Å². The highest BCUT2D eigenvalue weighted by molar-refractivity contribution is 5.57. The number of rotatable bonds is 7. The van der Waals surface area contributed by atoms with Gasteiger partial charge in [-0.3, -0.25) is 0 Å². The minimum absolute atomic E-state index is 0.413. The van der Waals surface area contributed by atoms with E-state index in [2.05, 4.69) is 41.5 Å². The Morgan fingerprint density at radius 2 is 1.94 bits per heavy atom. The van der Waals surface area contributed by atoms with Crippen molar-refractivity contribution in [2.75, 3.05) is 10.7 Å². The Labute approximate surface area is 103 Å².